The number of carbonyl (C=O) groups excluding carboxylic acids is 1. The van der Waals surface area contributed by atoms with Gasteiger partial charge in [-0.1, -0.05) is 12.1 Å². The van der Waals surface area contributed by atoms with Gasteiger partial charge in [0, 0.05) is 44.3 Å². The molecular formula is C18H27N3O4S. The SMILES string of the molecule is COc1ccccc1C(=O)N1CCN2C(C1)CN(S(C)(=O)=O)CC2(C)C. The molecule has 2 aliphatic heterocycles. The highest BCUT2D eigenvalue weighted by molar-refractivity contribution is 7.88. The monoisotopic (exact) mass is 381 g/mol. The lowest BCUT2D eigenvalue weighted by molar-refractivity contribution is -0.0373. The molecular weight excluding hydrogens is 354 g/mol. The van der Waals surface area contributed by atoms with Gasteiger partial charge in [0.05, 0.1) is 18.9 Å². The van der Waals surface area contributed by atoms with Crippen LogP contribution in [0.2, 0.25) is 0 Å². The minimum absolute atomic E-state index is 0.0131. The van der Waals surface area contributed by atoms with Crippen molar-refractivity contribution in [3.05, 3.63) is 29.8 Å². The highest BCUT2D eigenvalue weighted by Gasteiger charge is 2.45. The Morgan fingerprint density at radius 1 is 1.19 bits per heavy atom. The average molecular weight is 381 g/mol. The Labute approximate surface area is 155 Å². The van der Waals surface area contributed by atoms with E-state index in [-0.39, 0.29) is 17.5 Å². The van der Waals surface area contributed by atoms with Crippen molar-refractivity contribution in [2.45, 2.75) is 25.4 Å². The molecule has 8 heteroatoms. The van der Waals surface area contributed by atoms with E-state index >= 15 is 0 Å². The molecule has 3 rings (SSSR count). The molecule has 0 bridgehead atoms. The maximum atomic E-state index is 13.0. The first-order valence-electron chi connectivity index (χ1n) is 8.77. The maximum Gasteiger partial charge on any atom is 0.257 e. The summed E-state index contributed by atoms with van der Waals surface area (Å²) < 4.78 is 31.0. The molecule has 0 radical (unpaired) electrons. The van der Waals surface area contributed by atoms with E-state index in [0.29, 0.717) is 37.5 Å². The average Bonchev–Trinajstić information content (AvgIpc) is 2.59. The molecule has 1 aromatic carbocycles. The molecule has 0 saturated carbocycles. The van der Waals surface area contributed by atoms with Crippen LogP contribution >= 0.6 is 0 Å². The lowest BCUT2D eigenvalue weighted by Gasteiger charge is -2.54. The summed E-state index contributed by atoms with van der Waals surface area (Å²) in [5, 5.41) is 0. The molecule has 1 atom stereocenters. The molecule has 1 unspecified atom stereocenters. The number of sulfonamides is 1. The van der Waals surface area contributed by atoms with E-state index in [1.54, 1.807) is 24.1 Å². The molecule has 7 nitrogen and oxygen atoms in total. The summed E-state index contributed by atoms with van der Waals surface area (Å²) in [6.45, 7) is 6.88. The fourth-order valence-electron chi connectivity index (χ4n) is 4.06. The number of benzene rings is 1. The number of piperazine rings is 2. The van der Waals surface area contributed by atoms with Gasteiger partial charge in [-0.2, -0.15) is 4.31 Å². The lowest BCUT2D eigenvalue weighted by Crippen LogP contribution is -2.70. The van der Waals surface area contributed by atoms with E-state index < -0.39 is 10.0 Å². The van der Waals surface area contributed by atoms with E-state index in [4.69, 9.17) is 4.74 Å². The van der Waals surface area contributed by atoms with E-state index in [9.17, 15) is 13.2 Å². The molecule has 0 aromatic heterocycles. The number of para-hydroxylation sites is 1. The topological polar surface area (TPSA) is 70.2 Å². The Morgan fingerprint density at radius 2 is 1.88 bits per heavy atom. The second-order valence-electron chi connectivity index (χ2n) is 7.67. The first-order valence-corrected chi connectivity index (χ1v) is 10.6. The fourth-order valence-corrected chi connectivity index (χ4v) is 5.05. The van der Waals surface area contributed by atoms with Gasteiger partial charge in [0.1, 0.15) is 5.75 Å². The third-order valence-corrected chi connectivity index (χ3v) is 6.55. The Hall–Kier alpha value is -1.64. The number of hydrogen-bond donors (Lipinski definition) is 0. The molecule has 0 N–H and O–H groups in total. The van der Waals surface area contributed by atoms with Gasteiger partial charge in [-0.05, 0) is 26.0 Å². The minimum atomic E-state index is -3.26. The summed E-state index contributed by atoms with van der Waals surface area (Å²) in [6, 6.07) is 7.18. The van der Waals surface area contributed by atoms with Crippen LogP contribution in [0.25, 0.3) is 0 Å². The fraction of sp³-hybridized carbons (Fsp3) is 0.611. The molecule has 2 aliphatic rings. The van der Waals surface area contributed by atoms with Crippen LogP contribution < -0.4 is 4.74 Å². The molecule has 144 valence electrons. The van der Waals surface area contributed by atoms with Gasteiger partial charge in [-0.3, -0.25) is 9.69 Å². The summed E-state index contributed by atoms with van der Waals surface area (Å²) >= 11 is 0. The smallest absolute Gasteiger partial charge is 0.257 e. The number of methoxy groups -OCH3 is 1. The summed E-state index contributed by atoms with van der Waals surface area (Å²) in [4.78, 5) is 17.1. The van der Waals surface area contributed by atoms with Gasteiger partial charge in [0.2, 0.25) is 10.0 Å². The van der Waals surface area contributed by atoms with Crippen LogP contribution in [0.1, 0.15) is 24.2 Å². The van der Waals surface area contributed by atoms with Crippen molar-refractivity contribution >= 4 is 15.9 Å². The molecule has 1 amide bonds. The van der Waals surface area contributed by atoms with Gasteiger partial charge >= 0.3 is 0 Å². The summed E-state index contributed by atoms with van der Waals surface area (Å²) in [7, 11) is -1.71. The van der Waals surface area contributed by atoms with Crippen molar-refractivity contribution in [2.24, 2.45) is 0 Å². The zero-order valence-corrected chi connectivity index (χ0v) is 16.6. The Morgan fingerprint density at radius 3 is 2.54 bits per heavy atom. The zero-order valence-electron chi connectivity index (χ0n) is 15.8. The molecule has 2 fully saturated rings. The highest BCUT2D eigenvalue weighted by atomic mass is 32.2. The van der Waals surface area contributed by atoms with Crippen molar-refractivity contribution in [3.63, 3.8) is 0 Å². The predicted octanol–water partition coefficient (Wildman–Crippen LogP) is 0.875. The van der Waals surface area contributed by atoms with Crippen LogP contribution in [0.15, 0.2) is 24.3 Å². The molecule has 0 spiro atoms. The van der Waals surface area contributed by atoms with Crippen molar-refractivity contribution in [2.75, 3.05) is 46.1 Å². The van der Waals surface area contributed by atoms with Crippen LogP contribution in [0.3, 0.4) is 0 Å². The number of carbonyl (C=O) groups is 1. The number of ether oxygens (including phenoxy) is 1. The Balaban J connectivity index is 1.82. The third-order valence-electron chi connectivity index (χ3n) is 5.33. The second-order valence-corrected chi connectivity index (χ2v) is 9.65. The van der Waals surface area contributed by atoms with Gasteiger partial charge in [0.25, 0.3) is 5.91 Å². The Kier molecular flexibility index (Phi) is 5.02. The maximum absolute atomic E-state index is 13.0. The number of rotatable bonds is 3. The molecule has 1 aromatic rings. The molecule has 26 heavy (non-hydrogen) atoms. The van der Waals surface area contributed by atoms with Gasteiger partial charge in [0.15, 0.2) is 0 Å². The molecule has 2 heterocycles. The highest BCUT2D eigenvalue weighted by Crippen LogP contribution is 2.30. The van der Waals surface area contributed by atoms with Crippen molar-refractivity contribution in [3.8, 4) is 5.75 Å². The van der Waals surface area contributed by atoms with Gasteiger partial charge < -0.3 is 9.64 Å². The first kappa shape index (κ1) is 19.1. The largest absolute Gasteiger partial charge is 0.496 e. The number of hydrogen-bond acceptors (Lipinski definition) is 5. The van der Waals surface area contributed by atoms with E-state index in [0.717, 1.165) is 6.54 Å². The van der Waals surface area contributed by atoms with E-state index in [1.165, 1.54) is 10.6 Å². The normalized spacial score (nSPS) is 24.2. The number of fused-ring (bicyclic) bond motifs is 1. The number of amides is 1. The van der Waals surface area contributed by atoms with Crippen LogP contribution in [0.5, 0.6) is 5.75 Å². The standard InChI is InChI=1S/C18H27N3O4S/c1-18(2)13-20(26(4,23)24)12-14-11-19(9-10-21(14)18)17(22)15-7-5-6-8-16(15)25-3/h5-8,14H,9-13H2,1-4H3. The summed E-state index contributed by atoms with van der Waals surface area (Å²) in [5.41, 5.74) is 0.282. The number of nitrogens with zero attached hydrogens (tertiary/aromatic N) is 3. The van der Waals surface area contributed by atoms with Gasteiger partial charge in [-0.25, -0.2) is 8.42 Å². The van der Waals surface area contributed by atoms with Crippen LogP contribution in [0.4, 0.5) is 0 Å². The molecule has 2 saturated heterocycles. The summed E-state index contributed by atoms with van der Waals surface area (Å²) in [5.74, 6) is 0.484. The van der Waals surface area contributed by atoms with Crippen LogP contribution in [-0.4, -0.2) is 86.1 Å². The third kappa shape index (κ3) is 3.58. The van der Waals surface area contributed by atoms with Crippen molar-refractivity contribution in [1.29, 1.82) is 0 Å². The Bertz CT molecular complexity index is 793. The second kappa shape index (κ2) is 6.83. The van der Waals surface area contributed by atoms with E-state index in [1.807, 2.05) is 12.1 Å². The van der Waals surface area contributed by atoms with Crippen molar-refractivity contribution in [1.82, 2.24) is 14.1 Å². The molecule has 0 aliphatic carbocycles. The van der Waals surface area contributed by atoms with E-state index in [2.05, 4.69) is 18.7 Å². The minimum Gasteiger partial charge on any atom is -0.496 e. The zero-order chi connectivity index (χ0) is 19.1. The van der Waals surface area contributed by atoms with Crippen LogP contribution in [-0.2, 0) is 10.0 Å². The first-order chi connectivity index (χ1) is 12.1. The summed E-state index contributed by atoms with van der Waals surface area (Å²) in [6.07, 6.45) is 1.25. The predicted molar refractivity (Wildman–Crippen MR) is 99.9 cm³/mol. The van der Waals surface area contributed by atoms with Crippen molar-refractivity contribution < 1.29 is 17.9 Å². The van der Waals surface area contributed by atoms with Gasteiger partial charge in [-0.15, -0.1) is 0 Å². The lowest BCUT2D eigenvalue weighted by atomic mass is 9.94. The van der Waals surface area contributed by atoms with Crippen LogP contribution in [0, 0.1) is 0 Å². The quantitative estimate of drug-likeness (QED) is 0.777.